The minimum absolute atomic E-state index is 0.0108. The Kier molecular flexibility index (Phi) is 4.52. The fourth-order valence-corrected chi connectivity index (χ4v) is 3.15. The number of ether oxygens (including phenoxy) is 1. The molecule has 1 heterocycles. The van der Waals surface area contributed by atoms with Crippen LogP contribution in [0.1, 0.15) is 34.9 Å². The number of halogens is 1. The minimum Gasteiger partial charge on any atom is -0.496 e. The lowest BCUT2D eigenvalue weighted by Gasteiger charge is -2.22. The monoisotopic (exact) mass is 267 g/mol. The van der Waals surface area contributed by atoms with Gasteiger partial charge in [0.15, 0.2) is 0 Å². The number of rotatable bonds is 4. The van der Waals surface area contributed by atoms with E-state index < -0.39 is 0 Å². The second kappa shape index (κ2) is 5.94. The van der Waals surface area contributed by atoms with Gasteiger partial charge in [-0.3, -0.25) is 0 Å². The third kappa shape index (κ3) is 2.99. The van der Waals surface area contributed by atoms with Gasteiger partial charge in [-0.05, 0) is 45.3 Å². The SMILES string of the molecule is COc1c(C)cc(C)cc1C(Cl)CN1CCCC1. The van der Waals surface area contributed by atoms with Crippen LogP contribution in [-0.4, -0.2) is 31.6 Å². The van der Waals surface area contributed by atoms with Crippen molar-refractivity contribution in [1.29, 1.82) is 0 Å². The van der Waals surface area contributed by atoms with Gasteiger partial charge in [-0.2, -0.15) is 0 Å². The molecule has 1 aliphatic rings. The van der Waals surface area contributed by atoms with E-state index in [1.54, 1.807) is 7.11 Å². The summed E-state index contributed by atoms with van der Waals surface area (Å²) in [7, 11) is 1.72. The second-order valence-electron chi connectivity index (χ2n) is 5.18. The molecule has 1 aliphatic heterocycles. The molecular weight excluding hydrogens is 246 g/mol. The first-order valence-electron chi connectivity index (χ1n) is 6.63. The highest BCUT2D eigenvalue weighted by molar-refractivity contribution is 6.21. The molecule has 0 aromatic heterocycles. The van der Waals surface area contributed by atoms with Crippen LogP contribution < -0.4 is 4.74 Å². The van der Waals surface area contributed by atoms with Gasteiger partial charge < -0.3 is 9.64 Å². The van der Waals surface area contributed by atoms with Crippen molar-refractivity contribution in [3.8, 4) is 5.75 Å². The van der Waals surface area contributed by atoms with E-state index in [2.05, 4.69) is 30.9 Å². The fourth-order valence-electron chi connectivity index (χ4n) is 2.79. The highest BCUT2D eigenvalue weighted by Crippen LogP contribution is 2.34. The Balaban J connectivity index is 2.19. The maximum atomic E-state index is 6.59. The molecule has 0 saturated carbocycles. The van der Waals surface area contributed by atoms with Gasteiger partial charge in [0.05, 0.1) is 12.5 Å². The van der Waals surface area contributed by atoms with Gasteiger partial charge in [0, 0.05) is 12.1 Å². The van der Waals surface area contributed by atoms with Crippen LogP contribution in [0, 0.1) is 13.8 Å². The van der Waals surface area contributed by atoms with Gasteiger partial charge in [-0.25, -0.2) is 0 Å². The smallest absolute Gasteiger partial charge is 0.126 e. The van der Waals surface area contributed by atoms with Crippen molar-refractivity contribution in [2.45, 2.75) is 32.1 Å². The van der Waals surface area contributed by atoms with Crippen molar-refractivity contribution in [2.75, 3.05) is 26.7 Å². The molecule has 1 atom stereocenters. The standard InChI is InChI=1S/C15H22ClNO/c1-11-8-12(2)15(18-3)13(9-11)14(16)10-17-6-4-5-7-17/h8-9,14H,4-7,10H2,1-3H3. The number of methoxy groups -OCH3 is 1. The average molecular weight is 268 g/mol. The number of alkyl halides is 1. The summed E-state index contributed by atoms with van der Waals surface area (Å²) in [4.78, 5) is 2.44. The molecule has 2 rings (SSSR count). The van der Waals surface area contributed by atoms with Gasteiger partial charge in [0.25, 0.3) is 0 Å². The zero-order chi connectivity index (χ0) is 13.1. The summed E-state index contributed by atoms with van der Waals surface area (Å²) in [5, 5.41) is 0.0108. The first-order valence-corrected chi connectivity index (χ1v) is 7.07. The lowest BCUT2D eigenvalue weighted by atomic mass is 10.0. The van der Waals surface area contributed by atoms with Crippen LogP contribution >= 0.6 is 11.6 Å². The maximum absolute atomic E-state index is 6.59. The molecule has 100 valence electrons. The normalized spacial score (nSPS) is 18.0. The second-order valence-corrected chi connectivity index (χ2v) is 5.71. The molecule has 18 heavy (non-hydrogen) atoms. The quantitative estimate of drug-likeness (QED) is 0.772. The Morgan fingerprint density at radius 3 is 2.56 bits per heavy atom. The maximum Gasteiger partial charge on any atom is 0.126 e. The fraction of sp³-hybridized carbons (Fsp3) is 0.600. The summed E-state index contributed by atoms with van der Waals surface area (Å²) in [6.07, 6.45) is 2.60. The summed E-state index contributed by atoms with van der Waals surface area (Å²) >= 11 is 6.59. The number of aryl methyl sites for hydroxylation is 2. The molecular formula is C15H22ClNO. The average Bonchev–Trinajstić information content (AvgIpc) is 2.80. The zero-order valence-electron chi connectivity index (χ0n) is 11.5. The highest BCUT2D eigenvalue weighted by atomic mass is 35.5. The predicted molar refractivity (Wildman–Crippen MR) is 76.7 cm³/mol. The van der Waals surface area contributed by atoms with E-state index in [0.29, 0.717) is 0 Å². The summed E-state index contributed by atoms with van der Waals surface area (Å²) in [6, 6.07) is 4.29. The van der Waals surface area contributed by atoms with Crippen LogP contribution in [0.5, 0.6) is 5.75 Å². The van der Waals surface area contributed by atoms with Gasteiger partial charge >= 0.3 is 0 Å². The van der Waals surface area contributed by atoms with E-state index in [-0.39, 0.29) is 5.38 Å². The largest absolute Gasteiger partial charge is 0.496 e. The first kappa shape index (κ1) is 13.7. The molecule has 1 fully saturated rings. The lowest BCUT2D eigenvalue weighted by molar-refractivity contribution is 0.334. The van der Waals surface area contributed by atoms with Gasteiger partial charge in [0.1, 0.15) is 5.75 Å². The van der Waals surface area contributed by atoms with Gasteiger partial charge in [-0.15, -0.1) is 11.6 Å². The van der Waals surface area contributed by atoms with Crippen molar-refractivity contribution >= 4 is 11.6 Å². The Hall–Kier alpha value is -0.730. The summed E-state index contributed by atoms with van der Waals surface area (Å²) < 4.78 is 5.51. The third-order valence-electron chi connectivity index (χ3n) is 3.61. The van der Waals surface area contributed by atoms with Crippen LogP contribution in [0.3, 0.4) is 0 Å². The van der Waals surface area contributed by atoms with Crippen LogP contribution in [0.4, 0.5) is 0 Å². The number of hydrogen-bond acceptors (Lipinski definition) is 2. The van der Waals surface area contributed by atoms with Crippen LogP contribution in [0.25, 0.3) is 0 Å². The van der Waals surface area contributed by atoms with E-state index in [9.17, 15) is 0 Å². The molecule has 3 heteroatoms. The van der Waals surface area contributed by atoms with E-state index in [0.717, 1.165) is 17.9 Å². The van der Waals surface area contributed by atoms with Crippen molar-refractivity contribution in [2.24, 2.45) is 0 Å². The van der Waals surface area contributed by atoms with Crippen molar-refractivity contribution in [1.82, 2.24) is 4.90 Å². The molecule has 0 spiro atoms. The highest BCUT2D eigenvalue weighted by Gasteiger charge is 2.20. The molecule has 1 unspecified atom stereocenters. The molecule has 1 aromatic carbocycles. The Bertz CT molecular complexity index is 413. The van der Waals surface area contributed by atoms with Gasteiger partial charge in [0.2, 0.25) is 0 Å². The molecule has 0 amide bonds. The summed E-state index contributed by atoms with van der Waals surface area (Å²) in [5.74, 6) is 0.944. The topological polar surface area (TPSA) is 12.5 Å². The molecule has 1 aromatic rings. The van der Waals surface area contributed by atoms with Crippen molar-refractivity contribution in [3.63, 3.8) is 0 Å². The first-order chi connectivity index (χ1) is 8.61. The Labute approximate surface area is 115 Å². The number of benzene rings is 1. The van der Waals surface area contributed by atoms with E-state index in [4.69, 9.17) is 16.3 Å². The Morgan fingerprint density at radius 1 is 1.28 bits per heavy atom. The zero-order valence-corrected chi connectivity index (χ0v) is 12.3. The summed E-state index contributed by atoms with van der Waals surface area (Å²) in [6.45, 7) is 7.46. The predicted octanol–water partition coefficient (Wildman–Crippen LogP) is 3.69. The molecule has 1 saturated heterocycles. The molecule has 0 bridgehead atoms. The molecule has 0 aliphatic carbocycles. The van der Waals surface area contributed by atoms with Crippen LogP contribution in [-0.2, 0) is 0 Å². The van der Waals surface area contributed by atoms with E-state index in [1.807, 2.05) is 0 Å². The third-order valence-corrected chi connectivity index (χ3v) is 3.98. The van der Waals surface area contributed by atoms with Crippen LogP contribution in [0.15, 0.2) is 12.1 Å². The number of nitrogens with zero attached hydrogens (tertiary/aromatic N) is 1. The molecule has 2 nitrogen and oxygen atoms in total. The van der Waals surface area contributed by atoms with Crippen LogP contribution in [0.2, 0.25) is 0 Å². The molecule has 0 radical (unpaired) electrons. The van der Waals surface area contributed by atoms with Gasteiger partial charge in [-0.1, -0.05) is 17.7 Å². The number of likely N-dealkylation sites (tertiary alicyclic amines) is 1. The van der Waals surface area contributed by atoms with Crippen molar-refractivity contribution < 1.29 is 4.74 Å². The van der Waals surface area contributed by atoms with E-state index in [1.165, 1.54) is 37.1 Å². The van der Waals surface area contributed by atoms with E-state index >= 15 is 0 Å². The lowest BCUT2D eigenvalue weighted by Crippen LogP contribution is -2.23. The summed E-state index contributed by atoms with van der Waals surface area (Å²) in [5.41, 5.74) is 3.54. The minimum atomic E-state index is 0.0108. The van der Waals surface area contributed by atoms with Crippen molar-refractivity contribution in [3.05, 3.63) is 28.8 Å². The Morgan fingerprint density at radius 2 is 1.94 bits per heavy atom. The molecule has 0 N–H and O–H groups in total. The number of hydrogen-bond donors (Lipinski definition) is 0.